The van der Waals surface area contributed by atoms with Crippen LogP contribution in [0.25, 0.3) is 11.5 Å². The van der Waals surface area contributed by atoms with Gasteiger partial charge in [-0.15, -0.1) is 15.3 Å². The molecular formula is C20H18F2N8O. The molecule has 0 fully saturated rings. The molecule has 0 bridgehead atoms. The first-order chi connectivity index (χ1) is 15.0. The number of aromatic nitrogens is 7. The third-order valence-corrected chi connectivity index (χ3v) is 4.46. The van der Waals surface area contributed by atoms with E-state index >= 15 is 0 Å². The van der Waals surface area contributed by atoms with Crippen LogP contribution in [0.5, 0.6) is 5.88 Å². The maximum atomic E-state index is 12.8. The molecule has 0 unspecified atom stereocenters. The molecule has 9 nitrogen and oxygen atoms in total. The number of hydrogen-bond acceptors (Lipinski definition) is 7. The summed E-state index contributed by atoms with van der Waals surface area (Å²) in [5.41, 5.74) is 2.60. The van der Waals surface area contributed by atoms with Gasteiger partial charge in [-0.25, -0.2) is 18.4 Å². The Morgan fingerprint density at radius 1 is 1.10 bits per heavy atom. The van der Waals surface area contributed by atoms with E-state index in [-0.39, 0.29) is 12.2 Å². The van der Waals surface area contributed by atoms with Gasteiger partial charge in [0.05, 0.1) is 17.1 Å². The number of alkyl halides is 2. The summed E-state index contributed by atoms with van der Waals surface area (Å²) in [6.45, 7) is 1.92. The van der Waals surface area contributed by atoms with Crippen LogP contribution in [-0.4, -0.2) is 48.0 Å². The summed E-state index contributed by atoms with van der Waals surface area (Å²) in [7, 11) is 1.67. The molecule has 0 saturated heterocycles. The number of nitrogens with zero attached hydrogens (tertiary/aromatic N) is 8. The predicted molar refractivity (Wildman–Crippen MR) is 108 cm³/mol. The molecule has 0 radical (unpaired) electrons. The van der Waals surface area contributed by atoms with E-state index in [4.69, 9.17) is 4.74 Å². The molecular weight excluding hydrogens is 406 g/mol. The Morgan fingerprint density at radius 3 is 2.58 bits per heavy atom. The standard InChI is InChI=1S/C20H18F2N8O/c1-13-17(30(28-25-13)16-5-3-14(4-6-16)20(21)22)11-31-19-8-7-18(26-27-19)29-10-15(9-23-2)24-12-29/h3-10,12,20H,11H2,1-2H3/b23-9-. The van der Waals surface area contributed by atoms with Crippen LogP contribution in [0.1, 0.15) is 29.1 Å². The Balaban J connectivity index is 1.47. The molecule has 0 spiro atoms. The summed E-state index contributed by atoms with van der Waals surface area (Å²) in [6.07, 6.45) is 2.52. The number of aliphatic imine (C=N–C) groups is 1. The minimum Gasteiger partial charge on any atom is -0.470 e. The van der Waals surface area contributed by atoms with Gasteiger partial charge < -0.3 is 4.74 Å². The molecule has 3 aromatic heterocycles. The molecule has 4 aromatic rings. The molecule has 0 aliphatic carbocycles. The fraction of sp³-hybridized carbons (Fsp3) is 0.200. The largest absolute Gasteiger partial charge is 0.470 e. The minimum absolute atomic E-state index is 0.0549. The lowest BCUT2D eigenvalue weighted by molar-refractivity contribution is 0.151. The van der Waals surface area contributed by atoms with Crippen molar-refractivity contribution >= 4 is 6.21 Å². The van der Waals surface area contributed by atoms with Gasteiger partial charge >= 0.3 is 0 Å². The van der Waals surface area contributed by atoms with Crippen molar-refractivity contribution in [2.24, 2.45) is 4.99 Å². The van der Waals surface area contributed by atoms with E-state index in [2.05, 4.69) is 30.5 Å². The van der Waals surface area contributed by atoms with Crippen LogP contribution in [-0.2, 0) is 6.61 Å². The van der Waals surface area contributed by atoms with Crippen LogP contribution >= 0.6 is 0 Å². The lowest BCUT2D eigenvalue weighted by Gasteiger charge is -2.09. The van der Waals surface area contributed by atoms with Crippen molar-refractivity contribution in [2.45, 2.75) is 20.0 Å². The smallest absolute Gasteiger partial charge is 0.263 e. The van der Waals surface area contributed by atoms with Crippen molar-refractivity contribution in [3.05, 3.63) is 71.6 Å². The topological polar surface area (TPSA) is 95.9 Å². The highest BCUT2D eigenvalue weighted by Gasteiger charge is 2.14. The van der Waals surface area contributed by atoms with E-state index in [1.165, 1.54) is 12.1 Å². The maximum Gasteiger partial charge on any atom is 0.263 e. The lowest BCUT2D eigenvalue weighted by Crippen LogP contribution is -2.08. The zero-order valence-corrected chi connectivity index (χ0v) is 16.7. The van der Waals surface area contributed by atoms with Crippen LogP contribution in [0.3, 0.4) is 0 Å². The molecule has 158 valence electrons. The monoisotopic (exact) mass is 424 g/mol. The summed E-state index contributed by atoms with van der Waals surface area (Å²) >= 11 is 0. The first kappa shape index (κ1) is 20.3. The number of rotatable bonds is 7. The van der Waals surface area contributed by atoms with E-state index in [1.807, 2.05) is 0 Å². The number of imidazole rings is 1. The average Bonchev–Trinajstić information content (AvgIpc) is 3.40. The molecule has 3 heterocycles. The SMILES string of the molecule is C/N=C\c1cn(-c2ccc(OCc3c(C)nnn3-c3ccc(C(F)F)cc3)nn2)cn1. The molecule has 0 amide bonds. The van der Waals surface area contributed by atoms with Gasteiger partial charge in [-0.05, 0) is 25.1 Å². The normalized spacial score (nSPS) is 11.5. The van der Waals surface area contributed by atoms with E-state index in [0.717, 1.165) is 0 Å². The van der Waals surface area contributed by atoms with Crippen LogP contribution in [0.2, 0.25) is 0 Å². The quantitative estimate of drug-likeness (QED) is 0.423. The fourth-order valence-corrected chi connectivity index (χ4v) is 2.84. The van der Waals surface area contributed by atoms with Crippen LogP contribution in [0.4, 0.5) is 8.78 Å². The molecule has 0 saturated carbocycles. The van der Waals surface area contributed by atoms with Gasteiger partial charge in [0.15, 0.2) is 5.82 Å². The van der Waals surface area contributed by atoms with Crippen molar-refractivity contribution in [1.82, 2.24) is 34.7 Å². The lowest BCUT2D eigenvalue weighted by atomic mass is 10.2. The second-order valence-electron chi connectivity index (χ2n) is 6.54. The summed E-state index contributed by atoms with van der Waals surface area (Å²) in [5, 5.41) is 16.4. The van der Waals surface area contributed by atoms with E-state index in [1.54, 1.807) is 66.2 Å². The zero-order valence-electron chi connectivity index (χ0n) is 16.7. The second-order valence-corrected chi connectivity index (χ2v) is 6.54. The third-order valence-electron chi connectivity index (χ3n) is 4.46. The minimum atomic E-state index is -2.52. The average molecular weight is 424 g/mol. The Bertz CT molecular complexity index is 1180. The van der Waals surface area contributed by atoms with Crippen LogP contribution in [0, 0.1) is 6.92 Å². The van der Waals surface area contributed by atoms with Gasteiger partial charge in [0, 0.05) is 31.1 Å². The van der Waals surface area contributed by atoms with Crippen LogP contribution in [0.15, 0.2) is 53.9 Å². The van der Waals surface area contributed by atoms with Gasteiger partial charge in [-0.2, -0.15) is 0 Å². The van der Waals surface area contributed by atoms with Gasteiger partial charge in [0.1, 0.15) is 18.6 Å². The first-order valence-corrected chi connectivity index (χ1v) is 9.28. The van der Waals surface area contributed by atoms with Gasteiger partial charge in [-0.3, -0.25) is 9.56 Å². The summed E-state index contributed by atoms with van der Waals surface area (Å²) in [6, 6.07) is 9.30. The van der Waals surface area contributed by atoms with Gasteiger partial charge in [0.2, 0.25) is 5.88 Å². The molecule has 31 heavy (non-hydrogen) atoms. The molecule has 4 rings (SSSR count). The van der Waals surface area contributed by atoms with Crippen molar-refractivity contribution in [3.8, 4) is 17.4 Å². The second kappa shape index (κ2) is 8.78. The Kier molecular flexibility index (Phi) is 5.74. The molecule has 11 heteroatoms. The van der Waals surface area contributed by atoms with Gasteiger partial charge in [0.25, 0.3) is 6.43 Å². The Labute approximate surface area is 176 Å². The Hall–Kier alpha value is -4.02. The number of halogens is 2. The Morgan fingerprint density at radius 2 is 1.90 bits per heavy atom. The van der Waals surface area contributed by atoms with Crippen molar-refractivity contribution < 1.29 is 13.5 Å². The number of aryl methyl sites for hydroxylation is 1. The van der Waals surface area contributed by atoms with Crippen LogP contribution < -0.4 is 4.74 Å². The fourth-order valence-electron chi connectivity index (χ4n) is 2.84. The molecule has 0 N–H and O–H groups in total. The maximum absolute atomic E-state index is 12.8. The van der Waals surface area contributed by atoms with E-state index < -0.39 is 6.43 Å². The van der Waals surface area contributed by atoms with Crippen molar-refractivity contribution in [2.75, 3.05) is 7.05 Å². The van der Waals surface area contributed by atoms with Gasteiger partial charge in [-0.1, -0.05) is 17.3 Å². The molecule has 0 aliphatic heterocycles. The van der Waals surface area contributed by atoms with Crippen molar-refractivity contribution in [1.29, 1.82) is 0 Å². The van der Waals surface area contributed by atoms with E-state index in [9.17, 15) is 8.78 Å². The zero-order chi connectivity index (χ0) is 21.8. The summed E-state index contributed by atoms with van der Waals surface area (Å²) in [4.78, 5) is 8.12. The van der Waals surface area contributed by atoms with Crippen molar-refractivity contribution in [3.63, 3.8) is 0 Å². The highest BCUT2D eigenvalue weighted by molar-refractivity contribution is 5.76. The highest BCUT2D eigenvalue weighted by Crippen LogP contribution is 2.21. The summed E-state index contributed by atoms with van der Waals surface area (Å²) < 4.78 is 34.6. The predicted octanol–water partition coefficient (Wildman–Crippen LogP) is 3.12. The summed E-state index contributed by atoms with van der Waals surface area (Å²) in [5.74, 6) is 0.900. The number of hydrogen-bond donors (Lipinski definition) is 0. The first-order valence-electron chi connectivity index (χ1n) is 9.28. The number of benzene rings is 1. The third kappa shape index (κ3) is 4.44. The molecule has 0 aliphatic rings. The van der Waals surface area contributed by atoms with E-state index in [0.29, 0.717) is 34.5 Å². The highest BCUT2D eigenvalue weighted by atomic mass is 19.3. The molecule has 1 aromatic carbocycles. The number of ether oxygens (including phenoxy) is 1. The molecule has 0 atom stereocenters.